The largest absolute Gasteiger partial charge is 0.438 e. The Hall–Kier alpha value is -2.86. The van der Waals surface area contributed by atoms with Crippen LogP contribution in [-0.4, -0.2) is 15.9 Å². The van der Waals surface area contributed by atoms with Crippen molar-refractivity contribution in [3.63, 3.8) is 0 Å². The molecule has 0 atom stereocenters. The molecule has 0 unspecified atom stereocenters. The maximum absolute atomic E-state index is 12.0. The fourth-order valence-electron chi connectivity index (χ4n) is 2.24. The maximum Gasteiger partial charge on any atom is 0.251 e. The van der Waals surface area contributed by atoms with Gasteiger partial charge in [-0.3, -0.25) is 9.59 Å². The Kier molecular flexibility index (Phi) is 4.48. The molecule has 122 valence electrons. The predicted octanol–water partition coefficient (Wildman–Crippen LogP) is 2.92. The first kappa shape index (κ1) is 16.0. The van der Waals surface area contributed by atoms with Crippen LogP contribution in [0, 0.1) is 6.92 Å². The molecule has 0 aliphatic rings. The minimum Gasteiger partial charge on any atom is -0.438 e. The number of amides is 1. The number of carbonyl (C=O) groups is 1. The molecule has 0 saturated carbocycles. The molecule has 0 aliphatic carbocycles. The number of aromatic nitrogens is 2. The summed E-state index contributed by atoms with van der Waals surface area (Å²) in [6.45, 7) is 1.95. The summed E-state index contributed by atoms with van der Waals surface area (Å²) in [6, 6.07) is 9.98. The van der Waals surface area contributed by atoms with Gasteiger partial charge in [-0.05, 0) is 37.3 Å². The summed E-state index contributed by atoms with van der Waals surface area (Å²) >= 11 is 5.88. The summed E-state index contributed by atoms with van der Waals surface area (Å²) in [6.07, 6.45) is 1.42. The number of pyridine rings is 1. The van der Waals surface area contributed by atoms with Crippen molar-refractivity contribution in [3.8, 4) is 11.3 Å². The van der Waals surface area contributed by atoms with E-state index in [0.29, 0.717) is 16.7 Å². The lowest BCUT2D eigenvalue weighted by atomic mass is 10.1. The molecule has 1 aromatic carbocycles. The van der Waals surface area contributed by atoms with E-state index < -0.39 is 0 Å². The van der Waals surface area contributed by atoms with E-state index >= 15 is 0 Å². The van der Waals surface area contributed by atoms with Crippen LogP contribution in [0.1, 0.15) is 21.9 Å². The number of hydrogen-bond donors (Lipinski definition) is 2. The Morgan fingerprint density at radius 2 is 2.04 bits per heavy atom. The van der Waals surface area contributed by atoms with Crippen molar-refractivity contribution in [1.82, 2.24) is 15.3 Å². The fourth-order valence-corrected chi connectivity index (χ4v) is 2.37. The second-order valence-electron chi connectivity index (χ2n) is 5.15. The van der Waals surface area contributed by atoms with Gasteiger partial charge < -0.3 is 14.7 Å². The minimum atomic E-state index is -0.370. The molecule has 0 saturated heterocycles. The van der Waals surface area contributed by atoms with E-state index in [1.165, 1.54) is 18.3 Å². The second-order valence-corrected chi connectivity index (χ2v) is 5.59. The topological polar surface area (TPSA) is 88.0 Å². The number of benzene rings is 1. The zero-order chi connectivity index (χ0) is 17.1. The molecule has 6 nitrogen and oxygen atoms in total. The summed E-state index contributed by atoms with van der Waals surface area (Å²) in [7, 11) is 0. The normalized spacial score (nSPS) is 10.6. The third-order valence-electron chi connectivity index (χ3n) is 3.38. The van der Waals surface area contributed by atoms with Gasteiger partial charge in [0.1, 0.15) is 0 Å². The van der Waals surface area contributed by atoms with Gasteiger partial charge in [-0.25, -0.2) is 4.98 Å². The van der Waals surface area contributed by atoms with Crippen LogP contribution in [-0.2, 0) is 6.54 Å². The van der Waals surface area contributed by atoms with Crippen LogP contribution < -0.4 is 10.9 Å². The Bertz CT molecular complexity index is 929. The number of carbonyl (C=O) groups excluding carboxylic acids is 1. The average Bonchev–Trinajstić information content (AvgIpc) is 2.94. The van der Waals surface area contributed by atoms with Gasteiger partial charge >= 0.3 is 0 Å². The van der Waals surface area contributed by atoms with Gasteiger partial charge in [0.2, 0.25) is 11.4 Å². The number of rotatable bonds is 4. The van der Waals surface area contributed by atoms with E-state index in [9.17, 15) is 9.59 Å². The Morgan fingerprint density at radius 1 is 1.29 bits per heavy atom. The minimum absolute atomic E-state index is 0.125. The number of halogens is 1. The quantitative estimate of drug-likeness (QED) is 0.762. The lowest BCUT2D eigenvalue weighted by Crippen LogP contribution is -2.24. The standard InChI is InChI=1S/C17H14ClN3O3/c1-10-16(11-2-4-13(18)5-3-11)24-15(21-10)9-20-17(23)12-6-7-19-14(22)8-12/h2-8H,9H2,1H3,(H,19,22)(H,20,23). The molecular formula is C17H14ClN3O3. The summed E-state index contributed by atoms with van der Waals surface area (Å²) < 4.78 is 5.71. The zero-order valence-corrected chi connectivity index (χ0v) is 13.6. The molecule has 0 spiro atoms. The van der Waals surface area contributed by atoms with E-state index in [1.807, 2.05) is 19.1 Å². The molecule has 3 aromatic rings. The molecule has 7 heteroatoms. The Labute approximate surface area is 142 Å². The smallest absolute Gasteiger partial charge is 0.251 e. The van der Waals surface area contributed by atoms with Crippen LogP contribution in [0.4, 0.5) is 0 Å². The summed E-state index contributed by atoms with van der Waals surface area (Å²) in [5, 5.41) is 3.31. The van der Waals surface area contributed by atoms with Gasteiger partial charge in [0, 0.05) is 28.4 Å². The maximum atomic E-state index is 12.0. The molecule has 3 rings (SSSR count). The zero-order valence-electron chi connectivity index (χ0n) is 12.8. The van der Waals surface area contributed by atoms with Gasteiger partial charge in [0.25, 0.3) is 5.91 Å². The average molecular weight is 344 g/mol. The van der Waals surface area contributed by atoms with Gasteiger partial charge in [0.05, 0.1) is 12.2 Å². The third kappa shape index (κ3) is 3.55. The summed E-state index contributed by atoms with van der Waals surface area (Å²) in [4.78, 5) is 30.0. The molecule has 0 bridgehead atoms. The fraction of sp³-hybridized carbons (Fsp3) is 0.118. The van der Waals surface area contributed by atoms with Gasteiger partial charge in [-0.1, -0.05) is 11.6 Å². The van der Waals surface area contributed by atoms with Crippen LogP contribution >= 0.6 is 11.6 Å². The van der Waals surface area contributed by atoms with Crippen LogP contribution in [0.25, 0.3) is 11.3 Å². The molecule has 0 aliphatic heterocycles. The lowest BCUT2D eigenvalue weighted by Gasteiger charge is -2.02. The highest BCUT2D eigenvalue weighted by atomic mass is 35.5. The number of hydrogen-bond acceptors (Lipinski definition) is 4. The van der Waals surface area contributed by atoms with E-state index in [1.54, 1.807) is 12.1 Å². The van der Waals surface area contributed by atoms with Crippen LogP contribution in [0.2, 0.25) is 5.02 Å². The van der Waals surface area contributed by atoms with Gasteiger partial charge in [-0.15, -0.1) is 0 Å². The predicted molar refractivity (Wildman–Crippen MR) is 89.9 cm³/mol. The van der Waals surface area contributed by atoms with Crippen molar-refractivity contribution in [2.24, 2.45) is 0 Å². The molecule has 24 heavy (non-hydrogen) atoms. The summed E-state index contributed by atoms with van der Waals surface area (Å²) in [5.74, 6) is 0.646. The number of aryl methyl sites for hydroxylation is 1. The SMILES string of the molecule is Cc1nc(CNC(=O)c2cc[nH]c(=O)c2)oc1-c1ccc(Cl)cc1. The van der Waals surface area contributed by atoms with Crippen molar-refractivity contribution in [2.45, 2.75) is 13.5 Å². The van der Waals surface area contributed by atoms with Crippen LogP contribution in [0.3, 0.4) is 0 Å². The molecule has 1 amide bonds. The Balaban J connectivity index is 1.72. The van der Waals surface area contributed by atoms with Gasteiger partial charge in [0.15, 0.2) is 5.76 Å². The molecule has 0 fully saturated rings. The highest BCUT2D eigenvalue weighted by Crippen LogP contribution is 2.25. The van der Waals surface area contributed by atoms with Crippen molar-refractivity contribution in [2.75, 3.05) is 0 Å². The highest BCUT2D eigenvalue weighted by Gasteiger charge is 2.13. The number of oxazole rings is 1. The first-order chi connectivity index (χ1) is 11.5. The van der Waals surface area contributed by atoms with E-state index in [-0.39, 0.29) is 23.6 Å². The highest BCUT2D eigenvalue weighted by molar-refractivity contribution is 6.30. The molecule has 2 N–H and O–H groups in total. The number of nitrogens with one attached hydrogen (secondary N) is 2. The van der Waals surface area contributed by atoms with Gasteiger partial charge in [-0.2, -0.15) is 0 Å². The van der Waals surface area contributed by atoms with E-state index in [0.717, 1.165) is 11.3 Å². The van der Waals surface area contributed by atoms with Crippen LogP contribution in [0.5, 0.6) is 0 Å². The number of aromatic amines is 1. The molecule has 0 radical (unpaired) electrons. The third-order valence-corrected chi connectivity index (χ3v) is 3.64. The van der Waals surface area contributed by atoms with Crippen molar-refractivity contribution in [3.05, 3.63) is 75.1 Å². The number of nitrogens with zero attached hydrogens (tertiary/aromatic N) is 1. The first-order valence-electron chi connectivity index (χ1n) is 7.22. The molecule has 2 aromatic heterocycles. The monoisotopic (exact) mass is 343 g/mol. The van der Waals surface area contributed by atoms with E-state index in [4.69, 9.17) is 16.0 Å². The number of H-pyrrole nitrogens is 1. The van der Waals surface area contributed by atoms with Crippen molar-refractivity contribution >= 4 is 17.5 Å². The second kappa shape index (κ2) is 6.72. The van der Waals surface area contributed by atoms with Crippen molar-refractivity contribution < 1.29 is 9.21 Å². The lowest BCUT2D eigenvalue weighted by molar-refractivity contribution is 0.0947. The van der Waals surface area contributed by atoms with E-state index in [2.05, 4.69) is 15.3 Å². The van der Waals surface area contributed by atoms with Crippen molar-refractivity contribution in [1.29, 1.82) is 0 Å². The Morgan fingerprint density at radius 3 is 2.75 bits per heavy atom. The summed E-state index contributed by atoms with van der Waals surface area (Å²) in [5.41, 5.74) is 1.52. The first-order valence-corrected chi connectivity index (χ1v) is 7.60. The van der Waals surface area contributed by atoms with Crippen LogP contribution in [0.15, 0.2) is 51.8 Å². The molecular weight excluding hydrogens is 330 g/mol. The molecule has 2 heterocycles.